The second-order valence-corrected chi connectivity index (χ2v) is 6.37. The number of nitrogens with one attached hydrogen (secondary N) is 1. The predicted octanol–water partition coefficient (Wildman–Crippen LogP) is 4.98. The first-order valence-electron chi connectivity index (χ1n) is 7.96. The van der Waals surface area contributed by atoms with Crippen molar-refractivity contribution in [2.45, 2.75) is 5.03 Å². The summed E-state index contributed by atoms with van der Waals surface area (Å²) >= 11 is 1.42. The highest BCUT2D eigenvalue weighted by atomic mass is 32.2. The zero-order valence-electron chi connectivity index (χ0n) is 13.6. The van der Waals surface area contributed by atoms with Crippen LogP contribution in [0.4, 0.5) is 5.69 Å². The van der Waals surface area contributed by atoms with Crippen molar-refractivity contribution < 1.29 is 4.79 Å². The monoisotopic (exact) mass is 346 g/mol. The molecule has 0 aliphatic carbocycles. The van der Waals surface area contributed by atoms with Crippen molar-refractivity contribution in [3.63, 3.8) is 0 Å². The molecule has 1 aromatic heterocycles. The van der Waals surface area contributed by atoms with Gasteiger partial charge in [0.15, 0.2) is 0 Å². The fraction of sp³-hybridized carbons (Fsp3) is 0.0476. The van der Waals surface area contributed by atoms with Gasteiger partial charge in [-0.05, 0) is 35.4 Å². The minimum Gasteiger partial charge on any atom is -0.325 e. The molecule has 0 radical (unpaired) electrons. The van der Waals surface area contributed by atoms with Gasteiger partial charge in [-0.15, -0.1) is 0 Å². The van der Waals surface area contributed by atoms with Crippen LogP contribution in [0.5, 0.6) is 0 Å². The van der Waals surface area contributed by atoms with Crippen LogP contribution in [-0.2, 0) is 4.79 Å². The Balaban J connectivity index is 1.52. The third-order valence-electron chi connectivity index (χ3n) is 3.45. The van der Waals surface area contributed by atoms with Crippen LogP contribution in [0.25, 0.3) is 12.2 Å². The standard InChI is InChI=1S/C21H18N2OS/c24-20(16-25-21-8-4-5-15-22-21)23-19-13-11-18(12-14-19)10-9-17-6-2-1-3-7-17/h1-15H,16H2,(H,23,24)/b10-9+. The van der Waals surface area contributed by atoms with Crippen molar-refractivity contribution in [2.24, 2.45) is 0 Å². The van der Waals surface area contributed by atoms with Gasteiger partial charge in [0.2, 0.25) is 5.91 Å². The molecule has 1 heterocycles. The molecule has 0 aliphatic heterocycles. The van der Waals surface area contributed by atoms with Crippen LogP contribution in [-0.4, -0.2) is 16.6 Å². The number of pyridine rings is 1. The van der Waals surface area contributed by atoms with Crippen molar-refractivity contribution in [3.05, 3.63) is 90.1 Å². The summed E-state index contributed by atoms with van der Waals surface area (Å²) in [6.45, 7) is 0. The Kier molecular flexibility index (Phi) is 6.01. The van der Waals surface area contributed by atoms with E-state index in [0.29, 0.717) is 5.75 Å². The lowest BCUT2D eigenvalue weighted by molar-refractivity contribution is -0.113. The van der Waals surface area contributed by atoms with Crippen molar-refractivity contribution >= 4 is 35.5 Å². The normalized spacial score (nSPS) is 10.7. The number of amides is 1. The van der Waals surface area contributed by atoms with Crippen molar-refractivity contribution in [2.75, 3.05) is 11.1 Å². The zero-order valence-corrected chi connectivity index (χ0v) is 14.4. The average Bonchev–Trinajstić information content (AvgIpc) is 2.67. The van der Waals surface area contributed by atoms with Crippen molar-refractivity contribution in [3.8, 4) is 0 Å². The van der Waals surface area contributed by atoms with Gasteiger partial charge < -0.3 is 5.32 Å². The summed E-state index contributed by atoms with van der Waals surface area (Å²) < 4.78 is 0. The topological polar surface area (TPSA) is 42.0 Å². The molecule has 1 N–H and O–H groups in total. The molecule has 0 aliphatic rings. The molecule has 0 atom stereocenters. The molecule has 3 rings (SSSR count). The largest absolute Gasteiger partial charge is 0.325 e. The van der Waals surface area contributed by atoms with Gasteiger partial charge in [0.25, 0.3) is 0 Å². The van der Waals surface area contributed by atoms with Crippen LogP contribution >= 0.6 is 11.8 Å². The maximum absolute atomic E-state index is 12.0. The maximum atomic E-state index is 12.0. The summed E-state index contributed by atoms with van der Waals surface area (Å²) in [6, 6.07) is 23.6. The van der Waals surface area contributed by atoms with Gasteiger partial charge in [0, 0.05) is 11.9 Å². The molecule has 3 nitrogen and oxygen atoms in total. The molecule has 0 saturated heterocycles. The molecule has 0 unspecified atom stereocenters. The number of aromatic nitrogens is 1. The van der Waals surface area contributed by atoms with Crippen LogP contribution in [0, 0.1) is 0 Å². The minimum absolute atomic E-state index is 0.0387. The van der Waals surface area contributed by atoms with Crippen molar-refractivity contribution in [1.29, 1.82) is 0 Å². The van der Waals surface area contributed by atoms with E-state index in [0.717, 1.165) is 21.8 Å². The van der Waals surface area contributed by atoms with Gasteiger partial charge in [-0.1, -0.05) is 72.4 Å². The first-order valence-corrected chi connectivity index (χ1v) is 8.95. The summed E-state index contributed by atoms with van der Waals surface area (Å²) in [6.07, 6.45) is 5.84. The van der Waals surface area contributed by atoms with E-state index in [1.165, 1.54) is 11.8 Å². The molecule has 0 saturated carbocycles. The molecule has 2 aromatic carbocycles. The van der Waals surface area contributed by atoms with Crippen LogP contribution in [0.2, 0.25) is 0 Å². The molecule has 1 amide bonds. The number of nitrogens with zero attached hydrogens (tertiary/aromatic N) is 1. The summed E-state index contributed by atoms with van der Waals surface area (Å²) in [7, 11) is 0. The molecule has 0 spiro atoms. The first-order chi connectivity index (χ1) is 12.3. The molecule has 0 fully saturated rings. The van der Waals surface area contributed by atoms with Gasteiger partial charge in [-0.25, -0.2) is 4.98 Å². The van der Waals surface area contributed by atoms with Crippen LogP contribution in [0.1, 0.15) is 11.1 Å². The quantitative estimate of drug-likeness (QED) is 0.505. The van der Waals surface area contributed by atoms with Crippen LogP contribution in [0.15, 0.2) is 84.0 Å². The van der Waals surface area contributed by atoms with E-state index in [4.69, 9.17) is 0 Å². The number of rotatable bonds is 6. The number of thioether (sulfide) groups is 1. The molecular weight excluding hydrogens is 328 g/mol. The lowest BCUT2D eigenvalue weighted by Crippen LogP contribution is -2.13. The van der Waals surface area contributed by atoms with Gasteiger partial charge >= 0.3 is 0 Å². The second kappa shape index (κ2) is 8.85. The highest BCUT2D eigenvalue weighted by Gasteiger charge is 2.04. The van der Waals surface area contributed by atoms with E-state index in [2.05, 4.69) is 34.6 Å². The summed E-state index contributed by atoms with van der Waals surface area (Å²) in [5.41, 5.74) is 3.04. The minimum atomic E-state index is -0.0387. The van der Waals surface area contributed by atoms with E-state index in [1.807, 2.05) is 60.7 Å². The van der Waals surface area contributed by atoms with Crippen LogP contribution < -0.4 is 5.32 Å². The summed E-state index contributed by atoms with van der Waals surface area (Å²) in [5, 5.41) is 3.75. The van der Waals surface area contributed by atoms with Crippen LogP contribution in [0.3, 0.4) is 0 Å². The number of carbonyl (C=O) groups excluding carboxylic acids is 1. The van der Waals surface area contributed by atoms with E-state index in [9.17, 15) is 4.79 Å². The van der Waals surface area contributed by atoms with E-state index in [1.54, 1.807) is 6.20 Å². The Morgan fingerprint density at radius 2 is 1.56 bits per heavy atom. The Morgan fingerprint density at radius 1 is 0.880 bits per heavy atom. The summed E-state index contributed by atoms with van der Waals surface area (Å²) in [4.78, 5) is 16.2. The SMILES string of the molecule is O=C(CSc1ccccn1)Nc1ccc(/C=C/c2ccccc2)cc1. The van der Waals surface area contributed by atoms with Gasteiger partial charge in [-0.2, -0.15) is 0 Å². The summed E-state index contributed by atoms with van der Waals surface area (Å²) in [5.74, 6) is 0.301. The molecule has 0 bridgehead atoms. The predicted molar refractivity (Wildman–Crippen MR) is 105 cm³/mol. The number of hydrogen-bond donors (Lipinski definition) is 1. The fourth-order valence-electron chi connectivity index (χ4n) is 2.20. The van der Waals surface area contributed by atoms with Gasteiger partial charge in [0.1, 0.15) is 0 Å². The Labute approximate surface area is 151 Å². The first kappa shape index (κ1) is 17.0. The van der Waals surface area contributed by atoms with E-state index in [-0.39, 0.29) is 5.91 Å². The Hall–Kier alpha value is -2.85. The van der Waals surface area contributed by atoms with Crippen molar-refractivity contribution in [1.82, 2.24) is 4.98 Å². The van der Waals surface area contributed by atoms with E-state index >= 15 is 0 Å². The van der Waals surface area contributed by atoms with Gasteiger partial charge in [-0.3, -0.25) is 4.79 Å². The molecule has 3 aromatic rings. The Bertz CT molecular complexity index is 831. The molecule has 124 valence electrons. The number of benzene rings is 2. The third kappa shape index (κ3) is 5.62. The van der Waals surface area contributed by atoms with E-state index < -0.39 is 0 Å². The fourth-order valence-corrected chi connectivity index (χ4v) is 2.86. The highest BCUT2D eigenvalue weighted by molar-refractivity contribution is 7.99. The average molecular weight is 346 g/mol. The zero-order chi connectivity index (χ0) is 17.3. The number of anilines is 1. The lowest BCUT2D eigenvalue weighted by Gasteiger charge is -2.05. The molecule has 25 heavy (non-hydrogen) atoms. The highest BCUT2D eigenvalue weighted by Crippen LogP contribution is 2.16. The number of carbonyl (C=O) groups is 1. The molecular formula is C21H18N2OS. The second-order valence-electron chi connectivity index (χ2n) is 5.37. The third-order valence-corrected chi connectivity index (χ3v) is 4.39. The van der Waals surface area contributed by atoms with Gasteiger partial charge in [0.05, 0.1) is 10.8 Å². The smallest absolute Gasteiger partial charge is 0.234 e. The molecule has 4 heteroatoms. The maximum Gasteiger partial charge on any atom is 0.234 e. The lowest BCUT2D eigenvalue weighted by atomic mass is 10.1. The number of hydrogen-bond acceptors (Lipinski definition) is 3. The Morgan fingerprint density at radius 3 is 2.24 bits per heavy atom.